The zero-order chi connectivity index (χ0) is 16.1. The molecular formula is C20H27NO. The van der Waals surface area contributed by atoms with Gasteiger partial charge in [0, 0.05) is 17.6 Å². The zero-order valence-corrected chi connectivity index (χ0v) is 14.0. The van der Waals surface area contributed by atoms with Gasteiger partial charge in [-0.2, -0.15) is 0 Å². The molecule has 0 aliphatic rings. The van der Waals surface area contributed by atoms with E-state index >= 15 is 0 Å². The molecule has 0 bridgehead atoms. The minimum atomic E-state index is 0.205. The first-order chi connectivity index (χ1) is 10.5. The van der Waals surface area contributed by atoms with Crippen LogP contribution in [0.5, 0.6) is 5.75 Å². The van der Waals surface area contributed by atoms with Gasteiger partial charge in [-0.1, -0.05) is 62.4 Å². The van der Waals surface area contributed by atoms with Crippen molar-refractivity contribution in [2.45, 2.75) is 39.3 Å². The number of phenolic OH excluding ortho intramolecular Hbond substituents is 1. The normalized spacial score (nSPS) is 14.3. The second kappa shape index (κ2) is 7.46. The Labute approximate surface area is 134 Å². The van der Waals surface area contributed by atoms with E-state index in [1.165, 1.54) is 5.56 Å². The van der Waals surface area contributed by atoms with Crippen molar-refractivity contribution in [3.8, 4) is 5.75 Å². The van der Waals surface area contributed by atoms with Crippen LogP contribution in [0.2, 0.25) is 0 Å². The first-order valence-electron chi connectivity index (χ1n) is 8.05. The van der Waals surface area contributed by atoms with Gasteiger partial charge in [0.1, 0.15) is 5.75 Å². The molecule has 22 heavy (non-hydrogen) atoms. The molecule has 0 saturated heterocycles. The summed E-state index contributed by atoms with van der Waals surface area (Å²) in [7, 11) is 2.15. The van der Waals surface area contributed by atoms with Gasteiger partial charge in [0.05, 0.1) is 0 Å². The SMILES string of the molecule is CC(C)C[C@H](c1ccccc1O)N(C)[C@H](C)c1ccccc1. The van der Waals surface area contributed by atoms with E-state index in [0.717, 1.165) is 12.0 Å². The fraction of sp³-hybridized carbons (Fsp3) is 0.400. The lowest BCUT2D eigenvalue weighted by molar-refractivity contribution is 0.161. The number of para-hydroxylation sites is 1. The Kier molecular flexibility index (Phi) is 5.62. The zero-order valence-electron chi connectivity index (χ0n) is 14.0. The Morgan fingerprint density at radius 1 is 0.909 bits per heavy atom. The van der Waals surface area contributed by atoms with Crippen LogP contribution in [0, 0.1) is 5.92 Å². The number of rotatable bonds is 6. The van der Waals surface area contributed by atoms with Crippen molar-refractivity contribution in [2.75, 3.05) is 7.05 Å². The maximum atomic E-state index is 10.3. The molecule has 2 atom stereocenters. The minimum absolute atomic E-state index is 0.205. The minimum Gasteiger partial charge on any atom is -0.508 e. The molecule has 2 rings (SSSR count). The number of hydrogen-bond donors (Lipinski definition) is 1. The van der Waals surface area contributed by atoms with Gasteiger partial charge in [-0.15, -0.1) is 0 Å². The van der Waals surface area contributed by atoms with Crippen molar-refractivity contribution in [3.63, 3.8) is 0 Å². The Bertz CT molecular complexity index is 579. The molecule has 0 saturated carbocycles. The molecule has 2 aromatic carbocycles. The maximum absolute atomic E-state index is 10.3. The van der Waals surface area contributed by atoms with E-state index in [2.05, 4.69) is 57.0 Å². The second-order valence-corrected chi connectivity index (χ2v) is 6.46. The predicted octanol–water partition coefficient (Wildman–Crippen LogP) is 5.17. The van der Waals surface area contributed by atoms with Crippen molar-refractivity contribution in [2.24, 2.45) is 5.92 Å². The summed E-state index contributed by atoms with van der Waals surface area (Å²) >= 11 is 0. The van der Waals surface area contributed by atoms with Gasteiger partial charge in [0.2, 0.25) is 0 Å². The van der Waals surface area contributed by atoms with Crippen LogP contribution in [-0.4, -0.2) is 17.1 Å². The largest absolute Gasteiger partial charge is 0.508 e. The van der Waals surface area contributed by atoms with E-state index in [0.29, 0.717) is 17.7 Å². The summed E-state index contributed by atoms with van der Waals surface area (Å²) in [6.45, 7) is 6.69. The van der Waals surface area contributed by atoms with Crippen LogP contribution in [0.1, 0.15) is 50.4 Å². The second-order valence-electron chi connectivity index (χ2n) is 6.46. The van der Waals surface area contributed by atoms with Gasteiger partial charge in [0.15, 0.2) is 0 Å². The van der Waals surface area contributed by atoms with Crippen molar-refractivity contribution >= 4 is 0 Å². The van der Waals surface area contributed by atoms with Crippen molar-refractivity contribution in [1.29, 1.82) is 0 Å². The highest BCUT2D eigenvalue weighted by atomic mass is 16.3. The third-order valence-corrected chi connectivity index (χ3v) is 4.37. The quantitative estimate of drug-likeness (QED) is 0.795. The Morgan fingerprint density at radius 3 is 2.09 bits per heavy atom. The van der Waals surface area contributed by atoms with Gasteiger partial charge in [-0.25, -0.2) is 0 Å². The molecule has 2 heteroatoms. The lowest BCUT2D eigenvalue weighted by atomic mass is 9.93. The average molecular weight is 297 g/mol. The number of nitrogens with zero attached hydrogens (tertiary/aromatic N) is 1. The molecule has 2 aromatic rings. The third-order valence-electron chi connectivity index (χ3n) is 4.37. The van der Waals surface area contributed by atoms with E-state index in [-0.39, 0.29) is 6.04 Å². The van der Waals surface area contributed by atoms with Gasteiger partial charge in [-0.05, 0) is 37.9 Å². The summed E-state index contributed by atoms with van der Waals surface area (Å²) in [6, 6.07) is 18.7. The van der Waals surface area contributed by atoms with Gasteiger partial charge in [-0.3, -0.25) is 4.90 Å². The third kappa shape index (κ3) is 3.89. The highest BCUT2D eigenvalue weighted by Gasteiger charge is 2.25. The topological polar surface area (TPSA) is 23.5 Å². The predicted molar refractivity (Wildman–Crippen MR) is 92.9 cm³/mol. The first kappa shape index (κ1) is 16.6. The molecule has 0 amide bonds. The highest BCUT2D eigenvalue weighted by molar-refractivity contribution is 5.35. The molecule has 0 aliphatic heterocycles. The summed E-state index contributed by atoms with van der Waals surface area (Å²) in [4.78, 5) is 2.37. The van der Waals surface area contributed by atoms with Crippen molar-refractivity contribution in [1.82, 2.24) is 4.90 Å². The van der Waals surface area contributed by atoms with E-state index < -0.39 is 0 Å². The first-order valence-corrected chi connectivity index (χ1v) is 8.05. The van der Waals surface area contributed by atoms with Crippen LogP contribution in [0.3, 0.4) is 0 Å². The Morgan fingerprint density at radius 2 is 1.50 bits per heavy atom. The summed E-state index contributed by atoms with van der Waals surface area (Å²) in [5.74, 6) is 0.954. The van der Waals surface area contributed by atoms with Crippen LogP contribution < -0.4 is 0 Å². The fourth-order valence-corrected chi connectivity index (χ4v) is 2.97. The molecule has 0 aromatic heterocycles. The smallest absolute Gasteiger partial charge is 0.120 e. The molecule has 0 spiro atoms. The molecule has 2 nitrogen and oxygen atoms in total. The van der Waals surface area contributed by atoms with E-state index in [1.54, 1.807) is 6.07 Å². The number of aromatic hydroxyl groups is 1. The molecule has 0 heterocycles. The molecule has 118 valence electrons. The van der Waals surface area contributed by atoms with Crippen LogP contribution in [0.15, 0.2) is 54.6 Å². The Hall–Kier alpha value is -1.80. The Balaban J connectivity index is 2.31. The lowest BCUT2D eigenvalue weighted by Crippen LogP contribution is -2.28. The molecule has 1 N–H and O–H groups in total. The summed E-state index contributed by atoms with van der Waals surface area (Å²) in [6.07, 6.45) is 1.02. The van der Waals surface area contributed by atoms with Gasteiger partial charge < -0.3 is 5.11 Å². The molecule has 0 unspecified atom stereocenters. The molecule has 0 fully saturated rings. The standard InChI is InChI=1S/C20H27NO/c1-15(2)14-19(18-12-8-9-13-20(18)22)21(4)16(3)17-10-6-5-7-11-17/h5-13,15-16,19,22H,14H2,1-4H3/t16-,19-/m1/s1. The maximum Gasteiger partial charge on any atom is 0.120 e. The number of benzene rings is 2. The summed E-state index contributed by atoms with van der Waals surface area (Å²) in [5, 5.41) is 10.3. The van der Waals surface area contributed by atoms with Crippen molar-refractivity contribution in [3.05, 3.63) is 65.7 Å². The van der Waals surface area contributed by atoms with Crippen LogP contribution >= 0.6 is 0 Å². The molecule has 0 aliphatic carbocycles. The van der Waals surface area contributed by atoms with E-state index in [4.69, 9.17) is 0 Å². The number of hydrogen-bond acceptors (Lipinski definition) is 2. The fourth-order valence-electron chi connectivity index (χ4n) is 2.97. The number of phenols is 1. The highest BCUT2D eigenvalue weighted by Crippen LogP contribution is 2.36. The van der Waals surface area contributed by atoms with Crippen LogP contribution in [-0.2, 0) is 0 Å². The van der Waals surface area contributed by atoms with Gasteiger partial charge >= 0.3 is 0 Å². The average Bonchev–Trinajstić information content (AvgIpc) is 2.52. The van der Waals surface area contributed by atoms with Crippen molar-refractivity contribution < 1.29 is 5.11 Å². The van der Waals surface area contributed by atoms with Crippen LogP contribution in [0.25, 0.3) is 0 Å². The monoisotopic (exact) mass is 297 g/mol. The van der Waals surface area contributed by atoms with Gasteiger partial charge in [0.25, 0.3) is 0 Å². The summed E-state index contributed by atoms with van der Waals surface area (Å²) in [5.41, 5.74) is 2.32. The van der Waals surface area contributed by atoms with E-state index in [9.17, 15) is 5.11 Å². The summed E-state index contributed by atoms with van der Waals surface area (Å²) < 4.78 is 0. The lowest BCUT2D eigenvalue weighted by Gasteiger charge is -2.35. The molecular weight excluding hydrogens is 270 g/mol. The van der Waals surface area contributed by atoms with E-state index in [1.807, 2.05) is 24.3 Å². The van der Waals surface area contributed by atoms with Crippen LogP contribution in [0.4, 0.5) is 0 Å². The molecule has 0 radical (unpaired) electrons.